The largest absolute Gasteiger partial charge is 0.493 e. The van der Waals surface area contributed by atoms with Gasteiger partial charge in [0.1, 0.15) is 5.67 Å². The molecule has 0 spiro atoms. The summed E-state index contributed by atoms with van der Waals surface area (Å²) in [6.45, 7) is 12.4. The van der Waals surface area contributed by atoms with Crippen LogP contribution in [0.5, 0.6) is 0 Å². The molecule has 220 valence electrons. The van der Waals surface area contributed by atoms with Gasteiger partial charge < -0.3 is 18.7 Å². The minimum absolute atomic E-state index is 0.0191. The topological polar surface area (TPSA) is 77.7 Å². The SMILES string of the molecule is CC1(C)COB(c2cccc(N(CC34CCC(c5noc(C(C)(C)C)n5)(CC3)CC4)C(=O)C34CC(F)(C3)C4)c2)OC1. The van der Waals surface area contributed by atoms with E-state index in [4.69, 9.17) is 18.8 Å². The minimum atomic E-state index is -1.12. The molecule has 1 saturated heterocycles. The van der Waals surface area contributed by atoms with Crippen molar-refractivity contribution in [1.29, 1.82) is 0 Å². The summed E-state index contributed by atoms with van der Waals surface area (Å²) in [7, 11) is -0.444. The third-order valence-corrected chi connectivity index (χ3v) is 10.8. The predicted octanol–water partition coefficient (Wildman–Crippen LogP) is 5.65. The monoisotopic (exact) mass is 563 g/mol. The highest BCUT2D eigenvalue weighted by Gasteiger charge is 2.73. The smallest absolute Gasteiger partial charge is 0.407 e. The summed E-state index contributed by atoms with van der Waals surface area (Å²) >= 11 is 0. The summed E-state index contributed by atoms with van der Waals surface area (Å²) in [5.41, 5.74) is -0.0704. The van der Waals surface area contributed by atoms with Crippen LogP contribution in [0.2, 0.25) is 0 Å². The van der Waals surface area contributed by atoms with Gasteiger partial charge in [-0.2, -0.15) is 4.98 Å². The van der Waals surface area contributed by atoms with E-state index in [9.17, 15) is 9.18 Å². The number of alkyl halides is 1. The summed E-state index contributed by atoms with van der Waals surface area (Å²) in [6, 6.07) is 8.07. The molecule has 7 fully saturated rings. The highest BCUT2D eigenvalue weighted by Crippen LogP contribution is 2.70. The van der Waals surface area contributed by atoms with E-state index in [1.165, 1.54) is 0 Å². The quantitative estimate of drug-likeness (QED) is 0.423. The first-order chi connectivity index (χ1) is 19.2. The molecule has 1 aromatic carbocycles. The Hall–Kier alpha value is -2.26. The van der Waals surface area contributed by atoms with Crippen molar-refractivity contribution in [3.63, 3.8) is 0 Å². The Morgan fingerprint density at radius 1 is 1.02 bits per heavy atom. The molecule has 1 aliphatic heterocycles. The molecule has 4 bridgehead atoms. The van der Waals surface area contributed by atoms with Crippen LogP contribution < -0.4 is 10.4 Å². The van der Waals surface area contributed by atoms with Crippen LogP contribution in [-0.4, -0.2) is 48.6 Å². The molecule has 41 heavy (non-hydrogen) atoms. The van der Waals surface area contributed by atoms with Crippen LogP contribution in [0, 0.1) is 16.2 Å². The van der Waals surface area contributed by atoms with E-state index in [0.29, 0.717) is 44.9 Å². The van der Waals surface area contributed by atoms with Crippen molar-refractivity contribution in [2.45, 2.75) is 109 Å². The van der Waals surface area contributed by atoms with E-state index in [-0.39, 0.29) is 27.6 Å². The Bertz CT molecular complexity index is 1310. The number of amides is 1. The molecule has 1 aromatic heterocycles. The zero-order valence-corrected chi connectivity index (χ0v) is 25.2. The van der Waals surface area contributed by atoms with Crippen LogP contribution in [0.1, 0.15) is 104 Å². The molecule has 2 aromatic rings. The van der Waals surface area contributed by atoms with Gasteiger partial charge in [0.05, 0.1) is 5.41 Å². The van der Waals surface area contributed by atoms with Gasteiger partial charge in [-0.15, -0.1) is 0 Å². The van der Waals surface area contributed by atoms with Crippen molar-refractivity contribution in [2.24, 2.45) is 16.2 Å². The Morgan fingerprint density at radius 2 is 1.66 bits per heavy atom. The van der Waals surface area contributed by atoms with E-state index < -0.39 is 18.2 Å². The molecule has 6 saturated carbocycles. The van der Waals surface area contributed by atoms with Gasteiger partial charge in [-0.1, -0.05) is 51.9 Å². The number of carbonyl (C=O) groups excluding carboxylic acids is 1. The fourth-order valence-electron chi connectivity index (χ4n) is 8.10. The summed E-state index contributed by atoms with van der Waals surface area (Å²) in [5, 5.41) is 4.45. The van der Waals surface area contributed by atoms with Crippen LogP contribution in [-0.2, 0) is 24.9 Å². The number of hydrogen-bond acceptors (Lipinski definition) is 6. The van der Waals surface area contributed by atoms with E-state index in [1.54, 1.807) is 0 Å². The average Bonchev–Trinajstić information content (AvgIpc) is 3.43. The summed E-state index contributed by atoms with van der Waals surface area (Å²) in [5.74, 6) is 1.64. The molecule has 7 aliphatic rings. The Morgan fingerprint density at radius 3 is 2.22 bits per heavy atom. The van der Waals surface area contributed by atoms with Crippen LogP contribution in [0.3, 0.4) is 0 Å². The lowest BCUT2D eigenvalue weighted by Crippen LogP contribution is -2.71. The van der Waals surface area contributed by atoms with E-state index in [1.807, 2.05) is 23.1 Å². The third kappa shape index (κ3) is 4.57. The maximum Gasteiger partial charge on any atom is 0.493 e. The zero-order valence-electron chi connectivity index (χ0n) is 25.2. The Balaban J connectivity index is 1.13. The van der Waals surface area contributed by atoms with Gasteiger partial charge in [-0.05, 0) is 80.8 Å². The van der Waals surface area contributed by atoms with Crippen molar-refractivity contribution < 1.29 is 23.0 Å². The number of halogens is 1. The molecule has 6 aliphatic carbocycles. The molecule has 0 radical (unpaired) electrons. The Kier molecular flexibility index (Phi) is 5.97. The van der Waals surface area contributed by atoms with Gasteiger partial charge in [0, 0.05) is 41.7 Å². The van der Waals surface area contributed by atoms with Crippen molar-refractivity contribution in [3.8, 4) is 0 Å². The fraction of sp³-hybridized carbons (Fsp3) is 0.719. The van der Waals surface area contributed by atoms with Gasteiger partial charge in [0.15, 0.2) is 5.82 Å². The number of hydrogen-bond donors (Lipinski definition) is 0. The first-order valence-electron chi connectivity index (χ1n) is 15.4. The van der Waals surface area contributed by atoms with E-state index in [0.717, 1.165) is 55.5 Å². The second-order valence-corrected chi connectivity index (χ2v) is 16.0. The lowest BCUT2D eigenvalue weighted by molar-refractivity contribution is -0.211. The van der Waals surface area contributed by atoms with Crippen molar-refractivity contribution in [3.05, 3.63) is 36.0 Å². The first kappa shape index (κ1) is 27.6. The van der Waals surface area contributed by atoms with Gasteiger partial charge in [0.2, 0.25) is 11.8 Å². The summed E-state index contributed by atoms with van der Waals surface area (Å²) in [4.78, 5) is 21.0. The Labute approximate surface area is 243 Å². The second kappa shape index (κ2) is 8.88. The molecule has 1 amide bonds. The van der Waals surface area contributed by atoms with Crippen molar-refractivity contribution in [1.82, 2.24) is 10.1 Å². The summed E-state index contributed by atoms with van der Waals surface area (Å²) < 4.78 is 32.4. The molecular weight excluding hydrogens is 520 g/mol. The molecule has 7 nitrogen and oxygen atoms in total. The molecule has 9 heteroatoms. The minimum Gasteiger partial charge on any atom is -0.407 e. The fourth-order valence-corrected chi connectivity index (χ4v) is 8.10. The second-order valence-electron chi connectivity index (χ2n) is 16.0. The molecular formula is C32H43BFN3O4. The number of benzene rings is 1. The zero-order chi connectivity index (χ0) is 28.9. The van der Waals surface area contributed by atoms with E-state index in [2.05, 4.69) is 45.8 Å². The van der Waals surface area contributed by atoms with Crippen molar-refractivity contribution in [2.75, 3.05) is 24.7 Å². The highest BCUT2D eigenvalue weighted by molar-refractivity contribution is 6.61. The number of carbonyl (C=O) groups is 1. The highest BCUT2D eigenvalue weighted by atomic mass is 19.1. The van der Waals surface area contributed by atoms with Gasteiger partial charge in [0.25, 0.3) is 0 Å². The number of rotatable bonds is 6. The number of nitrogens with zero attached hydrogens (tertiary/aromatic N) is 3. The maximum absolute atomic E-state index is 14.6. The van der Waals surface area contributed by atoms with Crippen LogP contribution in [0.4, 0.5) is 10.1 Å². The number of fused-ring (bicyclic) bond motifs is 3. The normalized spacial score (nSPS) is 35.5. The van der Waals surface area contributed by atoms with Crippen molar-refractivity contribution >= 4 is 24.2 Å². The van der Waals surface area contributed by atoms with Crippen LogP contribution in [0.25, 0.3) is 0 Å². The number of aromatic nitrogens is 2. The average molecular weight is 564 g/mol. The van der Waals surface area contributed by atoms with Gasteiger partial charge in [-0.3, -0.25) is 4.79 Å². The van der Waals surface area contributed by atoms with Gasteiger partial charge in [-0.25, -0.2) is 4.39 Å². The van der Waals surface area contributed by atoms with E-state index >= 15 is 0 Å². The lowest BCUT2D eigenvalue weighted by atomic mass is 9.41. The van der Waals surface area contributed by atoms with Gasteiger partial charge >= 0.3 is 7.12 Å². The first-order valence-corrected chi connectivity index (χ1v) is 15.4. The maximum atomic E-state index is 14.6. The lowest BCUT2D eigenvalue weighted by Gasteiger charge is -2.65. The molecule has 0 N–H and O–H groups in total. The predicted molar refractivity (Wildman–Crippen MR) is 155 cm³/mol. The van der Waals surface area contributed by atoms with Crippen LogP contribution in [0.15, 0.2) is 28.8 Å². The standard InChI is InChI=1S/C32H43BFN3O4/c1-27(2,3)25-35-24(36-41-25)30-12-9-29(10-13-30,11-14-30)19-37(26(38)31-16-32(34,17-31)18-31)23-8-6-7-22(15-23)33-39-20-28(4,5)21-40-33/h6-8,15H,9-14,16-21H2,1-5H3. The third-order valence-electron chi connectivity index (χ3n) is 10.8. The summed E-state index contributed by atoms with van der Waals surface area (Å²) in [6.07, 6.45) is 7.12. The molecule has 0 atom stereocenters. The van der Waals surface area contributed by atoms with Crippen LogP contribution >= 0.6 is 0 Å². The number of anilines is 1. The molecule has 0 unspecified atom stereocenters. The molecule has 9 rings (SSSR count). The molecule has 2 heterocycles.